The predicted molar refractivity (Wildman–Crippen MR) is 66.4 cm³/mol. The van der Waals surface area contributed by atoms with Crippen LogP contribution in [0.25, 0.3) is 0 Å². The van der Waals surface area contributed by atoms with Gasteiger partial charge in [0.1, 0.15) is 0 Å². The highest BCUT2D eigenvalue weighted by Crippen LogP contribution is 2.25. The molecule has 0 radical (unpaired) electrons. The third-order valence-electron chi connectivity index (χ3n) is 3.44. The van der Waals surface area contributed by atoms with Gasteiger partial charge in [-0.05, 0) is 25.8 Å². The van der Waals surface area contributed by atoms with Crippen molar-refractivity contribution in [1.29, 1.82) is 0 Å². The van der Waals surface area contributed by atoms with Crippen LogP contribution in [-0.2, 0) is 14.4 Å². The lowest BCUT2D eigenvalue weighted by Gasteiger charge is -2.34. The normalized spacial score (nSPS) is 23.1. The third kappa shape index (κ3) is 4.20. The van der Waals surface area contributed by atoms with Crippen LogP contribution in [-0.4, -0.2) is 52.6 Å². The number of amides is 1. The summed E-state index contributed by atoms with van der Waals surface area (Å²) < 4.78 is 0. The van der Waals surface area contributed by atoms with E-state index >= 15 is 0 Å². The van der Waals surface area contributed by atoms with Crippen LogP contribution in [0, 0.1) is 11.8 Å². The molecule has 1 amide bonds. The fourth-order valence-electron chi connectivity index (χ4n) is 2.30. The highest BCUT2D eigenvalue weighted by Gasteiger charge is 2.39. The summed E-state index contributed by atoms with van der Waals surface area (Å²) in [7, 11) is 0. The quantitative estimate of drug-likeness (QED) is 0.573. The highest BCUT2D eigenvalue weighted by molar-refractivity contribution is 5.82. The minimum atomic E-state index is -1.16. The lowest BCUT2D eigenvalue weighted by atomic mass is 9.85. The number of nitrogens with two attached hydrogens (primary N) is 1. The van der Waals surface area contributed by atoms with Crippen LogP contribution in [0.15, 0.2) is 0 Å². The molecule has 1 saturated heterocycles. The molecular formula is C12H20N2O5. The zero-order valence-electron chi connectivity index (χ0n) is 10.7. The Kier molecular flexibility index (Phi) is 5.75. The molecule has 0 aromatic rings. The number of carboxylic acid groups (broad SMARTS) is 2. The molecule has 1 aliphatic rings. The Hall–Kier alpha value is -1.63. The van der Waals surface area contributed by atoms with E-state index in [0.29, 0.717) is 25.9 Å². The fraction of sp³-hybridized carbons (Fsp3) is 0.750. The molecule has 0 saturated carbocycles. The first-order chi connectivity index (χ1) is 8.97. The Morgan fingerprint density at radius 1 is 1.11 bits per heavy atom. The second kappa shape index (κ2) is 7.08. The minimum absolute atomic E-state index is 0.0201. The molecule has 2 unspecified atom stereocenters. The van der Waals surface area contributed by atoms with Gasteiger partial charge in [-0.3, -0.25) is 14.4 Å². The molecule has 0 aromatic carbocycles. The van der Waals surface area contributed by atoms with Crippen LogP contribution in [0.5, 0.6) is 0 Å². The van der Waals surface area contributed by atoms with Crippen molar-refractivity contribution in [2.75, 3.05) is 19.6 Å². The van der Waals surface area contributed by atoms with Crippen molar-refractivity contribution in [3.63, 3.8) is 0 Å². The molecule has 0 spiro atoms. The van der Waals surface area contributed by atoms with E-state index < -0.39 is 23.8 Å². The smallest absolute Gasteiger partial charge is 0.309 e. The number of piperidine rings is 1. The SMILES string of the molecule is NCCCCC(=O)N1CCC(C(=O)O)C(C(=O)O)C1. The number of unbranched alkanes of at least 4 members (excludes halogenated alkanes) is 1. The molecular weight excluding hydrogens is 252 g/mol. The molecule has 1 heterocycles. The Balaban J connectivity index is 2.58. The predicted octanol–water partition coefficient (Wildman–Crippen LogP) is -0.251. The summed E-state index contributed by atoms with van der Waals surface area (Å²) in [5, 5.41) is 18.0. The first-order valence-corrected chi connectivity index (χ1v) is 6.40. The lowest BCUT2D eigenvalue weighted by molar-refractivity contribution is -0.159. The van der Waals surface area contributed by atoms with Gasteiger partial charge in [0, 0.05) is 19.5 Å². The summed E-state index contributed by atoms with van der Waals surface area (Å²) in [4.78, 5) is 35.4. The Bertz CT molecular complexity index is 358. The number of carbonyl (C=O) groups is 3. The average Bonchev–Trinajstić information content (AvgIpc) is 2.38. The van der Waals surface area contributed by atoms with E-state index in [1.54, 1.807) is 0 Å². The van der Waals surface area contributed by atoms with Crippen molar-refractivity contribution in [2.45, 2.75) is 25.7 Å². The third-order valence-corrected chi connectivity index (χ3v) is 3.44. The number of hydrogen-bond donors (Lipinski definition) is 3. The molecule has 7 nitrogen and oxygen atoms in total. The molecule has 1 rings (SSSR count). The summed E-state index contributed by atoms with van der Waals surface area (Å²) in [6, 6.07) is 0. The van der Waals surface area contributed by atoms with Crippen molar-refractivity contribution in [2.24, 2.45) is 17.6 Å². The first-order valence-electron chi connectivity index (χ1n) is 6.40. The average molecular weight is 272 g/mol. The number of nitrogens with zero attached hydrogens (tertiary/aromatic N) is 1. The molecule has 0 aliphatic carbocycles. The number of rotatable bonds is 6. The van der Waals surface area contributed by atoms with Crippen LogP contribution in [0.2, 0.25) is 0 Å². The van der Waals surface area contributed by atoms with Gasteiger partial charge in [-0.15, -0.1) is 0 Å². The number of hydrogen-bond acceptors (Lipinski definition) is 4. The van der Waals surface area contributed by atoms with Crippen molar-refractivity contribution in [1.82, 2.24) is 4.90 Å². The van der Waals surface area contributed by atoms with Crippen LogP contribution < -0.4 is 5.73 Å². The van der Waals surface area contributed by atoms with E-state index in [1.807, 2.05) is 0 Å². The summed E-state index contributed by atoms with van der Waals surface area (Å²) in [5.41, 5.74) is 5.34. The second-order valence-corrected chi connectivity index (χ2v) is 4.76. The topological polar surface area (TPSA) is 121 Å². The van der Waals surface area contributed by atoms with Gasteiger partial charge in [0.05, 0.1) is 11.8 Å². The molecule has 7 heteroatoms. The monoisotopic (exact) mass is 272 g/mol. The largest absolute Gasteiger partial charge is 0.481 e. The maximum Gasteiger partial charge on any atom is 0.309 e. The van der Waals surface area contributed by atoms with E-state index in [0.717, 1.165) is 6.42 Å². The number of carboxylic acids is 2. The molecule has 0 bridgehead atoms. The van der Waals surface area contributed by atoms with E-state index in [2.05, 4.69) is 0 Å². The van der Waals surface area contributed by atoms with Crippen LogP contribution >= 0.6 is 0 Å². The zero-order chi connectivity index (χ0) is 14.4. The number of aliphatic carboxylic acids is 2. The van der Waals surface area contributed by atoms with Gasteiger partial charge in [-0.1, -0.05) is 0 Å². The van der Waals surface area contributed by atoms with E-state index in [-0.39, 0.29) is 18.9 Å². The molecule has 108 valence electrons. The summed E-state index contributed by atoms with van der Waals surface area (Å²) in [6.07, 6.45) is 1.95. The molecule has 4 N–H and O–H groups in total. The van der Waals surface area contributed by atoms with E-state index in [9.17, 15) is 14.4 Å². The van der Waals surface area contributed by atoms with Crippen LogP contribution in [0.3, 0.4) is 0 Å². The summed E-state index contributed by atoms with van der Waals surface area (Å²) in [5.74, 6) is -4.33. The van der Waals surface area contributed by atoms with Crippen LogP contribution in [0.4, 0.5) is 0 Å². The lowest BCUT2D eigenvalue weighted by Crippen LogP contribution is -2.48. The maximum absolute atomic E-state index is 11.9. The Morgan fingerprint density at radius 3 is 2.26 bits per heavy atom. The number of likely N-dealkylation sites (tertiary alicyclic amines) is 1. The van der Waals surface area contributed by atoms with Gasteiger partial charge >= 0.3 is 11.9 Å². The standard InChI is InChI=1S/C12H20N2O5/c13-5-2-1-3-10(15)14-6-4-8(11(16)17)9(7-14)12(18)19/h8-9H,1-7,13H2,(H,16,17)(H,18,19). The van der Waals surface area contributed by atoms with Gasteiger partial charge in [-0.2, -0.15) is 0 Å². The molecule has 19 heavy (non-hydrogen) atoms. The fourth-order valence-corrected chi connectivity index (χ4v) is 2.30. The van der Waals surface area contributed by atoms with E-state index in [4.69, 9.17) is 15.9 Å². The van der Waals surface area contributed by atoms with Gasteiger partial charge in [0.25, 0.3) is 0 Å². The zero-order valence-corrected chi connectivity index (χ0v) is 10.7. The summed E-state index contributed by atoms with van der Waals surface area (Å²) in [6.45, 7) is 0.808. The molecule has 2 atom stereocenters. The van der Waals surface area contributed by atoms with Gasteiger partial charge in [0.2, 0.25) is 5.91 Å². The number of carbonyl (C=O) groups excluding carboxylic acids is 1. The molecule has 1 aliphatic heterocycles. The van der Waals surface area contributed by atoms with Crippen molar-refractivity contribution >= 4 is 17.8 Å². The first kappa shape index (κ1) is 15.4. The minimum Gasteiger partial charge on any atom is -0.481 e. The van der Waals surface area contributed by atoms with Gasteiger partial charge in [-0.25, -0.2) is 0 Å². The van der Waals surface area contributed by atoms with Crippen molar-refractivity contribution in [3.05, 3.63) is 0 Å². The second-order valence-electron chi connectivity index (χ2n) is 4.76. The Labute approximate surface area is 111 Å². The van der Waals surface area contributed by atoms with Gasteiger partial charge < -0.3 is 20.8 Å². The summed E-state index contributed by atoms with van der Waals surface area (Å²) >= 11 is 0. The van der Waals surface area contributed by atoms with Crippen LogP contribution in [0.1, 0.15) is 25.7 Å². The van der Waals surface area contributed by atoms with E-state index in [1.165, 1.54) is 4.90 Å². The van der Waals surface area contributed by atoms with Crippen molar-refractivity contribution < 1.29 is 24.6 Å². The Morgan fingerprint density at radius 2 is 1.74 bits per heavy atom. The molecule has 1 fully saturated rings. The van der Waals surface area contributed by atoms with Crippen molar-refractivity contribution in [3.8, 4) is 0 Å². The van der Waals surface area contributed by atoms with Gasteiger partial charge in [0.15, 0.2) is 0 Å². The maximum atomic E-state index is 11.9. The molecule has 0 aromatic heterocycles. The highest BCUT2D eigenvalue weighted by atomic mass is 16.4.